The first kappa shape index (κ1) is 9.66. The molecule has 2 heteroatoms. The van der Waals surface area contributed by atoms with Gasteiger partial charge >= 0.3 is 0 Å². The summed E-state index contributed by atoms with van der Waals surface area (Å²) in [5, 5.41) is 11.7. The van der Waals surface area contributed by atoms with Crippen LogP contribution in [0.25, 0.3) is 0 Å². The van der Waals surface area contributed by atoms with E-state index in [9.17, 15) is 0 Å². The third-order valence-electron chi connectivity index (χ3n) is 1.47. The Balaban J connectivity index is 3.52. The van der Waals surface area contributed by atoms with Crippen LogP contribution in [0.3, 0.4) is 0 Å². The largest absolute Gasteiger partial charge is 0.396 e. The van der Waals surface area contributed by atoms with E-state index in [-0.39, 0.29) is 12.5 Å². The van der Waals surface area contributed by atoms with Gasteiger partial charge in [-0.15, -0.1) is 0 Å². The topological polar surface area (TPSA) is 32.3 Å². The summed E-state index contributed by atoms with van der Waals surface area (Å²) in [5.74, 6) is 0.274. The molecule has 0 aromatic heterocycles. The van der Waals surface area contributed by atoms with Gasteiger partial charge in [-0.25, -0.2) is 0 Å². The molecule has 0 amide bonds. The summed E-state index contributed by atoms with van der Waals surface area (Å²) < 4.78 is 0. The summed E-state index contributed by atoms with van der Waals surface area (Å²) >= 11 is 0. The van der Waals surface area contributed by atoms with Crippen molar-refractivity contribution in [3.8, 4) is 0 Å². The Morgan fingerprint density at radius 2 is 2.00 bits per heavy atom. The lowest BCUT2D eigenvalue weighted by molar-refractivity contribution is 0.261. The average molecular weight is 143 g/mol. The summed E-state index contributed by atoms with van der Waals surface area (Å²) in [5.41, 5.74) is 0. The lowest BCUT2D eigenvalue weighted by atomic mass is 10.1. The predicted molar refractivity (Wildman–Crippen MR) is 43.9 cm³/mol. The molecule has 0 fully saturated rings. The van der Waals surface area contributed by atoms with E-state index in [0.29, 0.717) is 6.04 Å². The smallest absolute Gasteiger partial charge is 0.0491 e. The lowest BCUT2D eigenvalue weighted by Crippen LogP contribution is -2.18. The van der Waals surface area contributed by atoms with Gasteiger partial charge in [-0.3, -0.25) is 0 Å². The van der Waals surface area contributed by atoms with Crippen molar-refractivity contribution >= 4 is 0 Å². The molecule has 0 saturated heterocycles. The Hall–Kier alpha value is -0.340. The van der Waals surface area contributed by atoms with Crippen LogP contribution in [0, 0.1) is 5.92 Å². The minimum atomic E-state index is 0.229. The van der Waals surface area contributed by atoms with Gasteiger partial charge in [0.15, 0.2) is 0 Å². The van der Waals surface area contributed by atoms with E-state index < -0.39 is 0 Å². The molecule has 0 spiro atoms. The Morgan fingerprint density at radius 1 is 1.40 bits per heavy atom. The fourth-order valence-electron chi connectivity index (χ4n) is 0.513. The molecule has 10 heavy (non-hydrogen) atoms. The lowest BCUT2D eigenvalue weighted by Gasteiger charge is -2.04. The maximum absolute atomic E-state index is 8.65. The molecule has 0 unspecified atom stereocenters. The second kappa shape index (κ2) is 5.45. The Labute approximate surface area is 62.9 Å². The van der Waals surface area contributed by atoms with Crippen molar-refractivity contribution in [2.45, 2.75) is 19.9 Å². The number of rotatable bonds is 4. The first-order valence-electron chi connectivity index (χ1n) is 3.67. The SMILES string of the molecule is CN[C@@H](C)/C=C/[C@H](C)CO. The zero-order chi connectivity index (χ0) is 7.98. The van der Waals surface area contributed by atoms with Gasteiger partial charge in [-0.05, 0) is 19.9 Å². The van der Waals surface area contributed by atoms with Crippen molar-refractivity contribution in [1.82, 2.24) is 5.32 Å². The van der Waals surface area contributed by atoms with E-state index in [1.165, 1.54) is 0 Å². The number of likely N-dealkylation sites (N-methyl/N-ethyl adjacent to an activating group) is 1. The monoisotopic (exact) mass is 143 g/mol. The van der Waals surface area contributed by atoms with Gasteiger partial charge in [0.05, 0.1) is 0 Å². The van der Waals surface area contributed by atoms with Crippen molar-refractivity contribution in [1.29, 1.82) is 0 Å². The standard InChI is InChI=1S/C8H17NO/c1-7(6-10)4-5-8(2)9-3/h4-5,7-10H,6H2,1-3H3/b5-4+/t7-,8-/m0/s1. The van der Waals surface area contributed by atoms with Gasteiger partial charge < -0.3 is 10.4 Å². The highest BCUT2D eigenvalue weighted by molar-refractivity contribution is 4.92. The normalized spacial score (nSPS) is 17.6. The van der Waals surface area contributed by atoms with Gasteiger partial charge in [-0.2, -0.15) is 0 Å². The molecule has 0 aromatic carbocycles. The van der Waals surface area contributed by atoms with Gasteiger partial charge in [0.2, 0.25) is 0 Å². The molecule has 2 nitrogen and oxygen atoms in total. The van der Waals surface area contributed by atoms with Crippen LogP contribution >= 0.6 is 0 Å². The molecular formula is C8H17NO. The van der Waals surface area contributed by atoms with Gasteiger partial charge in [0.25, 0.3) is 0 Å². The molecule has 2 N–H and O–H groups in total. The van der Waals surface area contributed by atoms with Crippen LogP contribution in [-0.2, 0) is 0 Å². The van der Waals surface area contributed by atoms with Crippen LogP contribution in [-0.4, -0.2) is 24.8 Å². The molecule has 0 aliphatic heterocycles. The molecule has 0 radical (unpaired) electrons. The highest BCUT2D eigenvalue weighted by atomic mass is 16.3. The predicted octanol–water partition coefficient (Wildman–Crippen LogP) is 0.779. The van der Waals surface area contributed by atoms with Crippen LogP contribution in [0.1, 0.15) is 13.8 Å². The van der Waals surface area contributed by atoms with Gasteiger partial charge in [-0.1, -0.05) is 19.1 Å². The summed E-state index contributed by atoms with van der Waals surface area (Å²) in [6, 6.07) is 0.397. The fourth-order valence-corrected chi connectivity index (χ4v) is 0.513. The second-order valence-electron chi connectivity index (χ2n) is 2.62. The highest BCUT2D eigenvalue weighted by Crippen LogP contribution is 1.95. The quantitative estimate of drug-likeness (QED) is 0.570. The minimum Gasteiger partial charge on any atom is -0.396 e. The first-order valence-corrected chi connectivity index (χ1v) is 3.67. The molecule has 0 aromatic rings. The summed E-state index contributed by atoms with van der Waals surface area (Å²) in [7, 11) is 1.92. The Kier molecular flexibility index (Phi) is 5.26. The molecule has 60 valence electrons. The van der Waals surface area contributed by atoms with Crippen LogP contribution in [0.15, 0.2) is 12.2 Å². The molecule has 0 bridgehead atoms. The van der Waals surface area contributed by atoms with Crippen LogP contribution < -0.4 is 5.32 Å². The number of hydrogen-bond donors (Lipinski definition) is 2. The summed E-state index contributed by atoms with van der Waals surface area (Å²) in [6.07, 6.45) is 4.07. The molecule has 0 heterocycles. The van der Waals surface area contributed by atoms with E-state index in [0.717, 1.165) is 0 Å². The second-order valence-corrected chi connectivity index (χ2v) is 2.62. The number of nitrogens with one attached hydrogen (secondary N) is 1. The first-order chi connectivity index (χ1) is 4.70. The van der Waals surface area contributed by atoms with Gasteiger partial charge in [0, 0.05) is 12.6 Å². The third-order valence-corrected chi connectivity index (χ3v) is 1.47. The fraction of sp³-hybridized carbons (Fsp3) is 0.750. The van der Waals surface area contributed by atoms with E-state index >= 15 is 0 Å². The summed E-state index contributed by atoms with van der Waals surface area (Å²) in [4.78, 5) is 0. The van der Waals surface area contributed by atoms with Crippen molar-refractivity contribution < 1.29 is 5.11 Å². The maximum atomic E-state index is 8.65. The Morgan fingerprint density at radius 3 is 2.40 bits per heavy atom. The van der Waals surface area contributed by atoms with Crippen molar-refractivity contribution in [2.75, 3.05) is 13.7 Å². The van der Waals surface area contributed by atoms with Gasteiger partial charge in [0.1, 0.15) is 0 Å². The molecule has 0 aliphatic rings. The molecule has 0 saturated carbocycles. The van der Waals surface area contributed by atoms with E-state index in [1.54, 1.807) is 0 Å². The van der Waals surface area contributed by atoms with E-state index in [4.69, 9.17) is 5.11 Å². The van der Waals surface area contributed by atoms with Crippen LogP contribution in [0.4, 0.5) is 0 Å². The molecular weight excluding hydrogens is 126 g/mol. The van der Waals surface area contributed by atoms with Crippen molar-refractivity contribution in [2.24, 2.45) is 5.92 Å². The zero-order valence-corrected chi connectivity index (χ0v) is 6.96. The molecule has 2 atom stereocenters. The number of aliphatic hydroxyl groups excluding tert-OH is 1. The number of hydrogen-bond acceptors (Lipinski definition) is 2. The number of aliphatic hydroxyl groups is 1. The van der Waals surface area contributed by atoms with E-state index in [1.807, 2.05) is 20.0 Å². The molecule has 0 rings (SSSR count). The molecule has 0 aliphatic carbocycles. The third kappa shape index (κ3) is 4.53. The highest BCUT2D eigenvalue weighted by Gasteiger charge is 1.93. The minimum absolute atomic E-state index is 0.229. The van der Waals surface area contributed by atoms with Crippen LogP contribution in [0.2, 0.25) is 0 Å². The summed E-state index contributed by atoms with van der Waals surface area (Å²) in [6.45, 7) is 4.28. The Bertz CT molecular complexity index is 89.4. The van der Waals surface area contributed by atoms with Crippen molar-refractivity contribution in [3.05, 3.63) is 12.2 Å². The van der Waals surface area contributed by atoms with Crippen molar-refractivity contribution in [3.63, 3.8) is 0 Å². The maximum Gasteiger partial charge on any atom is 0.0491 e. The van der Waals surface area contributed by atoms with E-state index in [2.05, 4.69) is 18.3 Å². The van der Waals surface area contributed by atoms with Crippen LogP contribution in [0.5, 0.6) is 0 Å². The average Bonchev–Trinajstić information content (AvgIpc) is 1.99. The zero-order valence-electron chi connectivity index (χ0n) is 6.96.